The monoisotopic (exact) mass is 651 g/mol. The average molecular weight is 652 g/mol. The molecule has 2 amide bonds. The fourth-order valence-corrected chi connectivity index (χ4v) is 4.37. The molecule has 0 saturated carbocycles. The highest BCUT2D eigenvalue weighted by Gasteiger charge is 2.26. The van der Waals surface area contributed by atoms with Crippen molar-refractivity contribution in [2.75, 3.05) is 63.3 Å². The van der Waals surface area contributed by atoms with Crippen molar-refractivity contribution in [1.29, 1.82) is 0 Å². The maximum absolute atomic E-state index is 13.1. The number of benzene rings is 2. The number of aliphatic hydroxyl groups is 2. The highest BCUT2D eigenvalue weighted by molar-refractivity contribution is 6.09. The van der Waals surface area contributed by atoms with Crippen LogP contribution in [0.25, 0.3) is 0 Å². The third kappa shape index (κ3) is 11.3. The van der Waals surface area contributed by atoms with Crippen molar-refractivity contribution in [3.63, 3.8) is 0 Å². The zero-order valence-electron chi connectivity index (χ0n) is 28.1. The van der Waals surface area contributed by atoms with Crippen LogP contribution in [0.5, 0.6) is 17.2 Å². The Morgan fingerprint density at radius 1 is 1.06 bits per heavy atom. The molecule has 0 radical (unpaired) electrons. The lowest BCUT2D eigenvalue weighted by Crippen LogP contribution is -2.34. The van der Waals surface area contributed by atoms with Crippen molar-refractivity contribution >= 4 is 29.0 Å². The molecule has 12 heteroatoms. The third-order valence-corrected chi connectivity index (χ3v) is 6.66. The zero-order chi connectivity index (χ0) is 34.8. The summed E-state index contributed by atoms with van der Waals surface area (Å²) in [7, 11) is 1.69. The summed E-state index contributed by atoms with van der Waals surface area (Å²) in [5.74, 6) is 2.28. The van der Waals surface area contributed by atoms with E-state index in [9.17, 15) is 14.7 Å². The Labute approximate surface area is 277 Å². The summed E-state index contributed by atoms with van der Waals surface area (Å²) in [5.41, 5.74) is 7.27. The smallest absolute Gasteiger partial charge is 0.261 e. The van der Waals surface area contributed by atoms with Gasteiger partial charge in [-0.3, -0.25) is 9.59 Å². The average Bonchev–Trinajstić information content (AvgIpc) is 3.17. The van der Waals surface area contributed by atoms with Gasteiger partial charge in [-0.2, -0.15) is 0 Å². The molecule has 47 heavy (non-hydrogen) atoms. The van der Waals surface area contributed by atoms with Gasteiger partial charge in [-0.15, -0.1) is 0 Å². The topological polar surface area (TPSA) is 160 Å². The minimum Gasteiger partial charge on any atom is -0.497 e. The number of para-hydroxylation sites is 1. The Balaban J connectivity index is 0.000000671. The van der Waals surface area contributed by atoms with Crippen LogP contribution in [-0.4, -0.2) is 85.0 Å². The van der Waals surface area contributed by atoms with Crippen LogP contribution in [0.1, 0.15) is 61.3 Å². The van der Waals surface area contributed by atoms with Gasteiger partial charge in [0, 0.05) is 38.4 Å². The molecule has 4 rings (SSSR count). The van der Waals surface area contributed by atoms with Crippen molar-refractivity contribution in [1.82, 2.24) is 9.88 Å². The van der Waals surface area contributed by atoms with E-state index < -0.39 is 0 Å². The van der Waals surface area contributed by atoms with Gasteiger partial charge in [-0.05, 0) is 57.5 Å². The second-order valence-corrected chi connectivity index (χ2v) is 10.1. The normalized spacial score (nSPS) is 11.2. The Hall–Kier alpha value is -4.65. The molecular weight excluding hydrogens is 602 g/mol. The van der Waals surface area contributed by atoms with E-state index in [1.165, 1.54) is 4.90 Å². The van der Waals surface area contributed by atoms with Crippen molar-refractivity contribution in [2.45, 2.75) is 40.5 Å². The molecule has 0 saturated heterocycles. The molecule has 12 nitrogen and oxygen atoms in total. The van der Waals surface area contributed by atoms with Crippen LogP contribution in [0.4, 0.5) is 17.2 Å². The number of amides is 2. The number of nitrogens with zero attached hydrogens (tertiary/aromatic N) is 3. The molecule has 2 aromatic carbocycles. The van der Waals surface area contributed by atoms with Crippen LogP contribution in [0.3, 0.4) is 0 Å². The lowest BCUT2D eigenvalue weighted by atomic mass is 10.1. The summed E-state index contributed by atoms with van der Waals surface area (Å²) in [6, 6.07) is 14.0. The Bertz CT molecular complexity index is 1450. The fourth-order valence-electron chi connectivity index (χ4n) is 4.37. The summed E-state index contributed by atoms with van der Waals surface area (Å²) in [4.78, 5) is 33.6. The Kier molecular flexibility index (Phi) is 16.8. The van der Waals surface area contributed by atoms with Gasteiger partial charge in [0.25, 0.3) is 11.8 Å². The van der Waals surface area contributed by atoms with Crippen LogP contribution in [0.2, 0.25) is 0 Å². The third-order valence-electron chi connectivity index (χ3n) is 6.66. The first-order valence-electron chi connectivity index (χ1n) is 15.8. The van der Waals surface area contributed by atoms with E-state index in [4.69, 9.17) is 25.1 Å². The minimum atomic E-state index is -0.176. The van der Waals surface area contributed by atoms with Gasteiger partial charge in [-0.1, -0.05) is 32.1 Å². The molecule has 0 unspecified atom stereocenters. The van der Waals surface area contributed by atoms with E-state index in [-0.39, 0.29) is 31.6 Å². The molecule has 5 N–H and O–H groups in total. The summed E-state index contributed by atoms with van der Waals surface area (Å²) >= 11 is 0. The van der Waals surface area contributed by atoms with Gasteiger partial charge in [0.1, 0.15) is 28.8 Å². The highest BCUT2D eigenvalue weighted by Crippen LogP contribution is 2.40. The van der Waals surface area contributed by atoms with Crippen LogP contribution in [0, 0.1) is 0 Å². The lowest BCUT2D eigenvalue weighted by molar-refractivity contribution is 0.0719. The van der Waals surface area contributed by atoms with Crippen LogP contribution >= 0.6 is 0 Å². The number of ether oxygens (including phenoxy) is 3. The predicted octanol–water partition coefficient (Wildman–Crippen LogP) is 5.33. The number of pyridine rings is 1. The first kappa shape index (κ1) is 38.5. The molecule has 0 bridgehead atoms. The van der Waals surface area contributed by atoms with Gasteiger partial charge in [0.15, 0.2) is 5.75 Å². The van der Waals surface area contributed by atoms with Crippen LogP contribution in [-0.2, 0) is 4.74 Å². The van der Waals surface area contributed by atoms with E-state index in [1.54, 1.807) is 67.5 Å². The predicted molar refractivity (Wildman–Crippen MR) is 185 cm³/mol. The molecule has 1 aliphatic heterocycles. The number of nitrogens with two attached hydrogens (primary N) is 1. The van der Waals surface area contributed by atoms with Crippen LogP contribution in [0.15, 0.2) is 67.1 Å². The first-order valence-corrected chi connectivity index (χ1v) is 15.8. The number of aliphatic hydroxyl groups excluding tert-OH is 2. The van der Waals surface area contributed by atoms with Gasteiger partial charge in [0.05, 0.1) is 43.8 Å². The molecule has 256 valence electrons. The van der Waals surface area contributed by atoms with Crippen LogP contribution < -0.4 is 25.4 Å². The summed E-state index contributed by atoms with van der Waals surface area (Å²) < 4.78 is 16.8. The summed E-state index contributed by atoms with van der Waals surface area (Å²) in [5, 5.41) is 20.2. The second kappa shape index (κ2) is 20.5. The van der Waals surface area contributed by atoms with E-state index >= 15 is 0 Å². The van der Waals surface area contributed by atoms with Gasteiger partial charge < -0.3 is 45.3 Å². The molecule has 1 aromatic heterocycles. The number of rotatable bonds is 13. The molecule has 0 aliphatic carbocycles. The van der Waals surface area contributed by atoms with E-state index in [2.05, 4.69) is 23.8 Å². The SMILES string of the molecule is C=C(CN)OCC.CCCCN(CCO)C(=O)c1ccc(Nc2cc3c(cn2)N(C)C(=O)c2ccccc2O3)c(OCC)c1.CCO. The van der Waals surface area contributed by atoms with E-state index in [0.29, 0.717) is 77.6 Å². The minimum absolute atomic E-state index is 0.0925. The molecule has 0 fully saturated rings. The van der Waals surface area contributed by atoms with E-state index in [0.717, 1.165) is 12.8 Å². The standard InChI is InChI=1S/C28H32N4O5.C5H11NO.C2H6O/c1-4-6-13-32(14-15-33)27(34)19-11-12-21(24(16-19)36-5-2)30-26-17-25-22(18-29-26)31(3)28(35)20-9-7-8-10-23(20)37-25;1-3-7-5(2)4-6;1-2-3/h7-12,16-18,33H,4-6,13-15H2,1-3H3,(H,29,30);2-4,6H2,1H3;3H,2H2,1H3. The quantitative estimate of drug-likeness (QED) is 0.178. The molecule has 3 aromatic rings. The number of hydrogen-bond donors (Lipinski definition) is 4. The fraction of sp³-hybridized carbons (Fsp3) is 0.400. The number of anilines is 3. The highest BCUT2D eigenvalue weighted by atomic mass is 16.5. The van der Waals surface area contributed by atoms with Crippen molar-refractivity contribution < 1.29 is 34.0 Å². The molecule has 0 atom stereocenters. The number of hydrogen-bond acceptors (Lipinski definition) is 10. The lowest BCUT2D eigenvalue weighted by Gasteiger charge is -2.22. The van der Waals surface area contributed by atoms with E-state index in [1.807, 2.05) is 19.9 Å². The molecular formula is C35H49N5O7. The summed E-state index contributed by atoms with van der Waals surface area (Å²) in [6.45, 7) is 13.5. The molecule has 1 aliphatic rings. The first-order chi connectivity index (χ1) is 22.7. The van der Waals surface area contributed by atoms with Crippen molar-refractivity contribution in [3.05, 3.63) is 78.2 Å². The Morgan fingerprint density at radius 2 is 1.79 bits per heavy atom. The number of unbranched alkanes of at least 4 members (excludes halogenated alkanes) is 1. The second-order valence-electron chi connectivity index (χ2n) is 10.1. The van der Waals surface area contributed by atoms with Crippen molar-refractivity contribution in [3.8, 4) is 17.2 Å². The maximum Gasteiger partial charge on any atom is 0.261 e. The van der Waals surface area contributed by atoms with Gasteiger partial charge in [-0.25, -0.2) is 4.98 Å². The summed E-state index contributed by atoms with van der Waals surface area (Å²) in [6.07, 6.45) is 3.40. The number of fused-ring (bicyclic) bond motifs is 2. The van der Waals surface area contributed by atoms with Crippen molar-refractivity contribution in [2.24, 2.45) is 5.73 Å². The Morgan fingerprint density at radius 3 is 2.40 bits per heavy atom. The van der Waals surface area contributed by atoms with Gasteiger partial charge in [0.2, 0.25) is 0 Å². The molecule has 0 spiro atoms. The number of carbonyl (C=O) groups is 2. The maximum atomic E-state index is 13.1. The number of aromatic nitrogens is 1. The number of nitrogens with one attached hydrogen (secondary N) is 1. The van der Waals surface area contributed by atoms with Gasteiger partial charge >= 0.3 is 0 Å². The number of carbonyl (C=O) groups excluding carboxylic acids is 2. The largest absolute Gasteiger partial charge is 0.497 e. The molecule has 2 heterocycles. The zero-order valence-corrected chi connectivity index (χ0v) is 28.1.